The number of carbonyl (C=O) groups is 1. The highest BCUT2D eigenvalue weighted by molar-refractivity contribution is 9.10. The summed E-state index contributed by atoms with van der Waals surface area (Å²) in [6.45, 7) is 0.883. The number of ketones is 1. The molecule has 110 valence electrons. The van der Waals surface area contributed by atoms with Crippen LogP contribution in [0.1, 0.15) is 27.0 Å². The van der Waals surface area contributed by atoms with E-state index < -0.39 is 6.61 Å². The van der Waals surface area contributed by atoms with Crippen molar-refractivity contribution in [3.63, 3.8) is 0 Å². The van der Waals surface area contributed by atoms with Gasteiger partial charge in [-0.15, -0.1) is 0 Å². The van der Waals surface area contributed by atoms with Crippen molar-refractivity contribution >= 4 is 21.7 Å². The lowest BCUT2D eigenvalue weighted by Crippen LogP contribution is -2.05. The zero-order valence-corrected chi connectivity index (χ0v) is 13.1. The van der Waals surface area contributed by atoms with E-state index in [-0.39, 0.29) is 11.5 Å². The number of halogens is 3. The lowest BCUT2D eigenvalue weighted by molar-refractivity contribution is -0.0498. The number of carbonyl (C=O) groups excluding carboxylic acids is 1. The van der Waals surface area contributed by atoms with Crippen LogP contribution in [0.2, 0.25) is 0 Å². The highest BCUT2D eigenvalue weighted by Gasteiger charge is 2.14. The number of benzene rings is 2. The quantitative estimate of drug-likeness (QED) is 0.730. The van der Waals surface area contributed by atoms with Crippen molar-refractivity contribution in [2.75, 3.05) is 0 Å². The summed E-state index contributed by atoms with van der Waals surface area (Å²) in [7, 11) is 0. The summed E-state index contributed by atoms with van der Waals surface area (Å²) in [5.74, 6) is -0.114. The van der Waals surface area contributed by atoms with Crippen molar-refractivity contribution in [1.82, 2.24) is 0 Å². The number of hydrogen-bond acceptors (Lipinski definition) is 2. The maximum atomic E-state index is 12.5. The molecule has 0 fully saturated rings. The molecule has 0 aliphatic carbocycles. The van der Waals surface area contributed by atoms with Crippen molar-refractivity contribution < 1.29 is 18.3 Å². The second-order valence-corrected chi connectivity index (χ2v) is 5.50. The Morgan fingerprint density at radius 3 is 2.29 bits per heavy atom. The van der Waals surface area contributed by atoms with Crippen LogP contribution >= 0.6 is 15.9 Å². The molecule has 0 N–H and O–H groups in total. The summed E-state index contributed by atoms with van der Waals surface area (Å²) in [6.07, 6.45) is 0. The van der Waals surface area contributed by atoms with Crippen LogP contribution in [0.15, 0.2) is 40.9 Å². The molecule has 0 aliphatic rings. The molecule has 0 aliphatic heterocycles. The van der Waals surface area contributed by atoms with E-state index in [2.05, 4.69) is 20.7 Å². The SMILES string of the molecule is Cc1cc(C(=O)c2ccc(OC(F)F)cc2)c(C)cc1Br. The zero-order valence-electron chi connectivity index (χ0n) is 11.5. The first-order chi connectivity index (χ1) is 9.88. The first-order valence-corrected chi connectivity index (χ1v) is 7.04. The molecule has 0 aromatic heterocycles. The van der Waals surface area contributed by atoms with Gasteiger partial charge >= 0.3 is 6.61 Å². The largest absolute Gasteiger partial charge is 0.435 e. The Morgan fingerprint density at radius 2 is 1.71 bits per heavy atom. The van der Waals surface area contributed by atoms with Gasteiger partial charge in [0.25, 0.3) is 0 Å². The Bertz CT molecular complexity index is 667. The number of rotatable bonds is 4. The molecule has 5 heteroatoms. The molecule has 0 heterocycles. The summed E-state index contributed by atoms with van der Waals surface area (Å²) < 4.78 is 29.4. The van der Waals surface area contributed by atoms with Crippen molar-refractivity contribution in [2.45, 2.75) is 20.5 Å². The highest BCUT2D eigenvalue weighted by Crippen LogP contribution is 2.24. The molecule has 2 aromatic rings. The summed E-state index contributed by atoms with van der Waals surface area (Å²) in [4.78, 5) is 12.5. The van der Waals surface area contributed by atoms with Gasteiger partial charge in [0.15, 0.2) is 5.78 Å². The fourth-order valence-corrected chi connectivity index (χ4v) is 2.43. The standard InChI is InChI=1S/C16H13BrF2O2/c1-9-8-14(17)10(2)7-13(9)15(20)11-3-5-12(6-4-11)21-16(18)19/h3-8,16H,1-2H3. The van der Waals surface area contributed by atoms with Gasteiger partial charge in [0.1, 0.15) is 5.75 Å². The van der Waals surface area contributed by atoms with Crippen LogP contribution in [0.5, 0.6) is 5.75 Å². The molecule has 0 unspecified atom stereocenters. The molecule has 0 spiro atoms. The average Bonchev–Trinajstić information content (AvgIpc) is 2.42. The topological polar surface area (TPSA) is 26.3 Å². The Balaban J connectivity index is 2.30. The average molecular weight is 355 g/mol. The van der Waals surface area contributed by atoms with Crippen LogP contribution in [0.4, 0.5) is 8.78 Å². The molecule has 2 nitrogen and oxygen atoms in total. The third-order valence-electron chi connectivity index (χ3n) is 3.09. The fraction of sp³-hybridized carbons (Fsp3) is 0.188. The first kappa shape index (κ1) is 15.6. The molecule has 0 amide bonds. The maximum Gasteiger partial charge on any atom is 0.387 e. The smallest absolute Gasteiger partial charge is 0.387 e. The van der Waals surface area contributed by atoms with Gasteiger partial charge in [-0.3, -0.25) is 4.79 Å². The van der Waals surface area contributed by atoms with E-state index in [1.807, 2.05) is 26.0 Å². The minimum atomic E-state index is -2.87. The van der Waals surface area contributed by atoms with Crippen LogP contribution in [-0.4, -0.2) is 12.4 Å². The van der Waals surface area contributed by atoms with Crippen LogP contribution < -0.4 is 4.74 Å². The predicted octanol–water partition coefficient (Wildman–Crippen LogP) is 4.90. The van der Waals surface area contributed by atoms with Gasteiger partial charge in [-0.2, -0.15) is 8.78 Å². The van der Waals surface area contributed by atoms with E-state index in [9.17, 15) is 13.6 Å². The Kier molecular flexibility index (Phi) is 4.73. The Labute approximate surface area is 129 Å². The van der Waals surface area contributed by atoms with E-state index in [4.69, 9.17) is 0 Å². The van der Waals surface area contributed by atoms with Gasteiger partial charge in [0, 0.05) is 15.6 Å². The summed E-state index contributed by atoms with van der Waals surface area (Å²) in [5.41, 5.74) is 2.84. The van der Waals surface area contributed by atoms with Crippen molar-refractivity contribution in [1.29, 1.82) is 0 Å². The van der Waals surface area contributed by atoms with E-state index in [1.54, 1.807) is 0 Å². The lowest BCUT2D eigenvalue weighted by atomic mass is 9.97. The van der Waals surface area contributed by atoms with Crippen LogP contribution in [0, 0.1) is 13.8 Å². The van der Waals surface area contributed by atoms with Crippen molar-refractivity contribution in [2.24, 2.45) is 0 Å². The van der Waals surface area contributed by atoms with Crippen molar-refractivity contribution in [3.05, 3.63) is 63.1 Å². The minimum Gasteiger partial charge on any atom is -0.435 e. The second-order valence-electron chi connectivity index (χ2n) is 4.65. The monoisotopic (exact) mass is 354 g/mol. The molecule has 21 heavy (non-hydrogen) atoms. The maximum absolute atomic E-state index is 12.5. The van der Waals surface area contributed by atoms with Crippen molar-refractivity contribution in [3.8, 4) is 5.75 Å². The lowest BCUT2D eigenvalue weighted by Gasteiger charge is -2.09. The molecule has 2 rings (SSSR count). The molecule has 0 atom stereocenters. The Morgan fingerprint density at radius 1 is 1.10 bits per heavy atom. The zero-order chi connectivity index (χ0) is 15.6. The molecule has 0 saturated heterocycles. The van der Waals surface area contributed by atoms with Crippen LogP contribution in [0.3, 0.4) is 0 Å². The fourth-order valence-electron chi connectivity index (χ4n) is 1.97. The van der Waals surface area contributed by atoms with E-state index in [1.165, 1.54) is 24.3 Å². The number of ether oxygens (including phenoxy) is 1. The van der Waals surface area contributed by atoms with Gasteiger partial charge in [0.05, 0.1) is 0 Å². The van der Waals surface area contributed by atoms with Gasteiger partial charge < -0.3 is 4.74 Å². The Hall–Kier alpha value is -1.75. The number of hydrogen-bond donors (Lipinski definition) is 0. The molecular formula is C16H13BrF2O2. The summed E-state index contributed by atoms with van der Waals surface area (Å²) in [5, 5.41) is 0. The number of aryl methyl sites for hydroxylation is 2. The molecular weight excluding hydrogens is 342 g/mol. The number of alkyl halides is 2. The predicted molar refractivity (Wildman–Crippen MR) is 80.1 cm³/mol. The van der Waals surface area contributed by atoms with Gasteiger partial charge in [-0.1, -0.05) is 15.9 Å². The van der Waals surface area contributed by atoms with E-state index in [0.29, 0.717) is 11.1 Å². The third-order valence-corrected chi connectivity index (χ3v) is 3.95. The van der Waals surface area contributed by atoms with Crippen LogP contribution in [0.25, 0.3) is 0 Å². The first-order valence-electron chi connectivity index (χ1n) is 6.25. The second kappa shape index (κ2) is 6.35. The molecule has 0 saturated carbocycles. The third kappa shape index (κ3) is 3.67. The van der Waals surface area contributed by atoms with Gasteiger partial charge in [-0.05, 0) is 61.4 Å². The highest BCUT2D eigenvalue weighted by atomic mass is 79.9. The van der Waals surface area contributed by atoms with E-state index in [0.717, 1.165) is 15.6 Å². The van der Waals surface area contributed by atoms with Gasteiger partial charge in [0.2, 0.25) is 0 Å². The summed E-state index contributed by atoms with van der Waals surface area (Å²) in [6, 6.07) is 9.39. The summed E-state index contributed by atoms with van der Waals surface area (Å²) >= 11 is 3.42. The minimum absolute atomic E-state index is 0.0326. The normalized spacial score (nSPS) is 10.8. The van der Waals surface area contributed by atoms with Gasteiger partial charge in [-0.25, -0.2) is 0 Å². The van der Waals surface area contributed by atoms with E-state index >= 15 is 0 Å². The molecule has 0 bridgehead atoms. The van der Waals surface area contributed by atoms with Crippen LogP contribution in [-0.2, 0) is 0 Å². The molecule has 2 aromatic carbocycles. The molecule has 0 radical (unpaired) electrons.